The van der Waals surface area contributed by atoms with Crippen molar-refractivity contribution in [2.45, 2.75) is 52.2 Å². The van der Waals surface area contributed by atoms with Crippen LogP contribution < -0.4 is 5.32 Å². The molecule has 0 spiro atoms. The highest BCUT2D eigenvalue weighted by Gasteiger charge is 2.38. The molecular weight excluding hydrogens is 296 g/mol. The molecule has 128 valence electrons. The quantitative estimate of drug-likeness (QED) is 0.832. The number of aliphatic hydroxyl groups excluding tert-OH is 1. The standard InChI is InChI=1S/C17H26N2O4/c1-17(2,3)14(15(21)19-10-9-12(20)11-19)18-16(22)23-13-7-5-4-6-8-13/h5,7-8,12,14,20H,4,6,9-11H2,1-3H3,(H,18,22)/t12?,14-/m1/s1. The van der Waals surface area contributed by atoms with Crippen LogP contribution >= 0.6 is 0 Å². The Bertz CT molecular complexity index is 519. The van der Waals surface area contributed by atoms with E-state index in [1.165, 1.54) is 0 Å². The van der Waals surface area contributed by atoms with Crippen molar-refractivity contribution in [3.05, 3.63) is 24.0 Å². The van der Waals surface area contributed by atoms with E-state index in [-0.39, 0.29) is 5.91 Å². The Hall–Kier alpha value is -1.82. The van der Waals surface area contributed by atoms with E-state index in [1.54, 1.807) is 11.0 Å². The highest BCUT2D eigenvalue weighted by molar-refractivity contribution is 5.87. The lowest BCUT2D eigenvalue weighted by molar-refractivity contribution is -0.135. The van der Waals surface area contributed by atoms with Crippen molar-refractivity contribution in [2.24, 2.45) is 5.41 Å². The third-order valence-corrected chi connectivity index (χ3v) is 4.02. The number of nitrogens with zero attached hydrogens (tertiary/aromatic N) is 1. The van der Waals surface area contributed by atoms with Crippen LogP contribution in [0, 0.1) is 5.41 Å². The van der Waals surface area contributed by atoms with E-state index in [9.17, 15) is 14.7 Å². The topological polar surface area (TPSA) is 78.9 Å². The van der Waals surface area contributed by atoms with E-state index in [4.69, 9.17) is 4.74 Å². The minimum atomic E-state index is -0.700. The summed E-state index contributed by atoms with van der Waals surface area (Å²) in [5.41, 5.74) is -0.458. The molecule has 2 rings (SSSR count). The Morgan fingerprint density at radius 1 is 1.39 bits per heavy atom. The number of hydrogen-bond donors (Lipinski definition) is 2. The summed E-state index contributed by atoms with van der Waals surface area (Å²) in [6, 6.07) is -0.700. The average molecular weight is 322 g/mol. The van der Waals surface area contributed by atoms with Crippen molar-refractivity contribution in [3.8, 4) is 0 Å². The number of aliphatic hydroxyl groups is 1. The summed E-state index contributed by atoms with van der Waals surface area (Å²) >= 11 is 0. The second kappa shape index (κ2) is 7.17. The fourth-order valence-corrected chi connectivity index (χ4v) is 2.69. The normalized spacial score (nSPS) is 22.5. The molecule has 0 saturated carbocycles. The zero-order valence-electron chi connectivity index (χ0n) is 14.0. The van der Waals surface area contributed by atoms with Crippen LogP contribution in [-0.4, -0.2) is 47.2 Å². The van der Waals surface area contributed by atoms with Gasteiger partial charge in [-0.3, -0.25) is 4.79 Å². The number of amides is 2. The zero-order valence-corrected chi connectivity index (χ0v) is 14.0. The van der Waals surface area contributed by atoms with Crippen LogP contribution in [0.15, 0.2) is 24.0 Å². The molecule has 1 aliphatic heterocycles. The van der Waals surface area contributed by atoms with E-state index >= 15 is 0 Å². The van der Waals surface area contributed by atoms with Gasteiger partial charge in [-0.05, 0) is 36.8 Å². The SMILES string of the molecule is CC(C)(C)[C@H](NC(=O)OC1=CCCC=C1)C(=O)N1CCC(O)C1. The van der Waals surface area contributed by atoms with Crippen molar-refractivity contribution in [1.82, 2.24) is 10.2 Å². The summed E-state index contributed by atoms with van der Waals surface area (Å²) in [5, 5.41) is 12.3. The summed E-state index contributed by atoms with van der Waals surface area (Å²) in [4.78, 5) is 26.4. The molecule has 2 aliphatic rings. The summed E-state index contributed by atoms with van der Waals surface area (Å²) in [5.74, 6) is 0.324. The van der Waals surface area contributed by atoms with Crippen molar-refractivity contribution >= 4 is 12.0 Å². The lowest BCUT2D eigenvalue weighted by Crippen LogP contribution is -2.54. The molecular formula is C17H26N2O4. The number of ether oxygens (including phenoxy) is 1. The molecule has 1 fully saturated rings. The van der Waals surface area contributed by atoms with Crippen molar-refractivity contribution < 1.29 is 19.4 Å². The Morgan fingerprint density at radius 3 is 2.65 bits per heavy atom. The number of nitrogens with one attached hydrogen (secondary N) is 1. The Labute approximate surface area is 137 Å². The molecule has 1 aliphatic carbocycles. The van der Waals surface area contributed by atoms with Crippen LogP contribution in [0.25, 0.3) is 0 Å². The van der Waals surface area contributed by atoms with Crippen LogP contribution in [0.2, 0.25) is 0 Å². The zero-order chi connectivity index (χ0) is 17.0. The molecule has 2 amide bonds. The van der Waals surface area contributed by atoms with E-state index in [0.717, 1.165) is 12.8 Å². The van der Waals surface area contributed by atoms with E-state index < -0.39 is 23.7 Å². The maximum Gasteiger partial charge on any atom is 0.413 e. The van der Waals surface area contributed by atoms with Gasteiger partial charge in [0.05, 0.1) is 6.10 Å². The highest BCUT2D eigenvalue weighted by Crippen LogP contribution is 2.23. The van der Waals surface area contributed by atoms with Crippen LogP contribution in [0.3, 0.4) is 0 Å². The number of hydrogen-bond acceptors (Lipinski definition) is 4. The Balaban J connectivity index is 2.01. The van der Waals surface area contributed by atoms with Gasteiger partial charge >= 0.3 is 6.09 Å². The predicted molar refractivity (Wildman–Crippen MR) is 86.5 cm³/mol. The van der Waals surface area contributed by atoms with Crippen LogP contribution in [-0.2, 0) is 9.53 Å². The number of rotatable bonds is 3. The van der Waals surface area contributed by atoms with Gasteiger partial charge < -0.3 is 20.1 Å². The van der Waals surface area contributed by atoms with Gasteiger partial charge in [-0.25, -0.2) is 4.79 Å². The first-order valence-corrected chi connectivity index (χ1v) is 8.09. The van der Waals surface area contributed by atoms with Gasteiger partial charge in [0, 0.05) is 13.1 Å². The van der Waals surface area contributed by atoms with Gasteiger partial charge in [0.15, 0.2) is 0 Å². The molecule has 0 aromatic rings. The Morgan fingerprint density at radius 2 is 2.13 bits per heavy atom. The molecule has 2 N–H and O–H groups in total. The molecule has 0 aromatic heterocycles. The number of carbonyl (C=O) groups is 2. The molecule has 6 nitrogen and oxygen atoms in total. The van der Waals surface area contributed by atoms with Gasteiger partial charge in [-0.15, -0.1) is 0 Å². The van der Waals surface area contributed by atoms with E-state index in [1.807, 2.05) is 32.9 Å². The molecule has 0 bridgehead atoms. The number of alkyl carbamates (subject to hydrolysis) is 1. The van der Waals surface area contributed by atoms with Gasteiger partial charge in [0.1, 0.15) is 11.8 Å². The molecule has 1 unspecified atom stereocenters. The smallest absolute Gasteiger partial charge is 0.411 e. The average Bonchev–Trinajstić information content (AvgIpc) is 2.90. The third kappa shape index (κ3) is 4.82. The first-order valence-electron chi connectivity index (χ1n) is 8.09. The van der Waals surface area contributed by atoms with Crippen LogP contribution in [0.5, 0.6) is 0 Å². The second-order valence-corrected chi connectivity index (χ2v) is 7.15. The fraction of sp³-hybridized carbons (Fsp3) is 0.647. The fourth-order valence-electron chi connectivity index (χ4n) is 2.69. The lowest BCUT2D eigenvalue weighted by Gasteiger charge is -2.33. The maximum absolute atomic E-state index is 12.7. The molecule has 0 radical (unpaired) electrons. The Kier molecular flexibility index (Phi) is 5.46. The van der Waals surface area contributed by atoms with E-state index in [0.29, 0.717) is 25.3 Å². The van der Waals surface area contributed by atoms with Gasteiger partial charge in [0.25, 0.3) is 0 Å². The first kappa shape index (κ1) is 17.5. The van der Waals surface area contributed by atoms with Gasteiger partial charge in [0.2, 0.25) is 5.91 Å². The molecule has 23 heavy (non-hydrogen) atoms. The second-order valence-electron chi connectivity index (χ2n) is 7.15. The number of likely N-dealkylation sites (tertiary alicyclic amines) is 1. The highest BCUT2D eigenvalue weighted by atomic mass is 16.6. The molecule has 0 aromatic carbocycles. The molecule has 2 atom stereocenters. The summed E-state index contributed by atoms with van der Waals surface area (Å²) in [6.07, 6.45) is 6.80. The van der Waals surface area contributed by atoms with Crippen molar-refractivity contribution in [1.29, 1.82) is 0 Å². The first-order chi connectivity index (χ1) is 10.8. The summed E-state index contributed by atoms with van der Waals surface area (Å²) in [6.45, 7) is 6.50. The third-order valence-electron chi connectivity index (χ3n) is 4.02. The number of carbonyl (C=O) groups excluding carboxylic acids is 2. The van der Waals surface area contributed by atoms with Gasteiger partial charge in [-0.2, -0.15) is 0 Å². The number of β-amino-alcohol motifs (C(OH)–C–C–N with tert-alkyl or cyclic N) is 1. The predicted octanol–water partition coefficient (Wildman–Crippen LogP) is 1.95. The van der Waals surface area contributed by atoms with Gasteiger partial charge in [-0.1, -0.05) is 26.8 Å². The monoisotopic (exact) mass is 322 g/mol. The summed E-state index contributed by atoms with van der Waals surface area (Å²) in [7, 11) is 0. The molecule has 6 heteroatoms. The largest absolute Gasteiger partial charge is 0.413 e. The summed E-state index contributed by atoms with van der Waals surface area (Å²) < 4.78 is 5.26. The van der Waals surface area contributed by atoms with E-state index in [2.05, 4.69) is 5.32 Å². The van der Waals surface area contributed by atoms with Crippen molar-refractivity contribution in [2.75, 3.05) is 13.1 Å². The van der Waals surface area contributed by atoms with Crippen molar-refractivity contribution in [3.63, 3.8) is 0 Å². The van der Waals surface area contributed by atoms with Crippen LogP contribution in [0.4, 0.5) is 4.79 Å². The lowest BCUT2D eigenvalue weighted by atomic mass is 9.86. The minimum Gasteiger partial charge on any atom is -0.411 e. The number of allylic oxidation sites excluding steroid dienone is 3. The minimum absolute atomic E-state index is 0.181. The maximum atomic E-state index is 12.7. The molecule has 1 saturated heterocycles. The molecule has 1 heterocycles. The van der Waals surface area contributed by atoms with Crippen LogP contribution in [0.1, 0.15) is 40.0 Å².